The van der Waals surface area contributed by atoms with E-state index in [1.807, 2.05) is 0 Å². The fourth-order valence-corrected chi connectivity index (χ4v) is 1.19. The van der Waals surface area contributed by atoms with Crippen LogP contribution in [0.4, 0.5) is 0 Å². The maximum atomic E-state index is 3.99. The third-order valence-corrected chi connectivity index (χ3v) is 1.76. The van der Waals surface area contributed by atoms with Gasteiger partial charge in [-0.1, -0.05) is 12.2 Å². The third-order valence-electron chi connectivity index (χ3n) is 1.76. The minimum Gasteiger partial charge on any atom is -0.305 e. The lowest BCUT2D eigenvalue weighted by Gasteiger charge is -2.14. The number of hydrogen-bond donors (Lipinski definition) is 2. The number of hydrogen-bond acceptors (Lipinski definition) is 3. The van der Waals surface area contributed by atoms with Crippen molar-refractivity contribution >= 4 is 0 Å². The highest BCUT2D eigenvalue weighted by atomic mass is 15.3. The maximum Gasteiger partial charge on any atom is 0.103 e. The van der Waals surface area contributed by atoms with E-state index in [0.717, 1.165) is 18.7 Å². The molecule has 1 aromatic heterocycles. The van der Waals surface area contributed by atoms with Crippen LogP contribution in [-0.2, 0) is 0 Å². The predicted octanol–water partition coefficient (Wildman–Crippen LogP) is 0.395. The summed E-state index contributed by atoms with van der Waals surface area (Å²) in [5.74, 6) is 0. The van der Waals surface area contributed by atoms with Crippen molar-refractivity contribution in [3.63, 3.8) is 0 Å². The monoisotopic (exact) mass is 150 g/mol. The first-order valence-corrected chi connectivity index (χ1v) is 3.72. The summed E-state index contributed by atoms with van der Waals surface area (Å²) in [6.45, 7) is 1.02. The molecule has 2 heterocycles. The Morgan fingerprint density at radius 2 is 2.55 bits per heavy atom. The van der Waals surface area contributed by atoms with Crippen LogP contribution in [0.15, 0.2) is 18.3 Å². The second kappa shape index (κ2) is 2.84. The zero-order chi connectivity index (χ0) is 7.52. The van der Waals surface area contributed by atoms with Gasteiger partial charge >= 0.3 is 0 Å². The van der Waals surface area contributed by atoms with Crippen LogP contribution in [0.2, 0.25) is 0 Å². The molecule has 2 rings (SSSR count). The van der Waals surface area contributed by atoms with Gasteiger partial charge in [0.2, 0.25) is 0 Å². The molecule has 58 valence electrons. The van der Waals surface area contributed by atoms with Crippen molar-refractivity contribution in [1.29, 1.82) is 0 Å². The van der Waals surface area contributed by atoms with Crippen LogP contribution in [0, 0.1) is 0 Å². The van der Waals surface area contributed by atoms with Crippen molar-refractivity contribution < 1.29 is 0 Å². The lowest BCUT2D eigenvalue weighted by atomic mass is 10.1. The Bertz CT molecular complexity index is 239. The van der Waals surface area contributed by atoms with Crippen molar-refractivity contribution in [1.82, 2.24) is 20.7 Å². The first-order valence-electron chi connectivity index (χ1n) is 3.72. The topological polar surface area (TPSA) is 53.6 Å². The molecule has 1 unspecified atom stereocenters. The average Bonchev–Trinajstić information content (AvgIpc) is 2.58. The Morgan fingerprint density at radius 1 is 1.55 bits per heavy atom. The normalized spacial score (nSPS) is 23.8. The van der Waals surface area contributed by atoms with Crippen LogP contribution >= 0.6 is 0 Å². The van der Waals surface area contributed by atoms with Gasteiger partial charge in [0.25, 0.3) is 0 Å². The molecule has 1 aliphatic rings. The number of nitrogens with zero attached hydrogens (tertiary/aromatic N) is 2. The van der Waals surface area contributed by atoms with E-state index < -0.39 is 0 Å². The minimum absolute atomic E-state index is 0.252. The molecule has 0 saturated carbocycles. The third kappa shape index (κ3) is 1.30. The Hall–Kier alpha value is -1.16. The molecule has 0 bridgehead atoms. The van der Waals surface area contributed by atoms with Crippen molar-refractivity contribution in [3.05, 3.63) is 24.0 Å². The number of rotatable bonds is 1. The summed E-state index contributed by atoms with van der Waals surface area (Å²) in [4.78, 5) is 0. The van der Waals surface area contributed by atoms with Crippen molar-refractivity contribution in [2.45, 2.75) is 12.5 Å². The van der Waals surface area contributed by atoms with E-state index in [-0.39, 0.29) is 6.04 Å². The van der Waals surface area contributed by atoms with Gasteiger partial charge in [0.15, 0.2) is 0 Å². The molecule has 11 heavy (non-hydrogen) atoms. The van der Waals surface area contributed by atoms with Gasteiger partial charge in [-0.25, -0.2) is 0 Å². The van der Waals surface area contributed by atoms with Crippen LogP contribution in [-0.4, -0.2) is 22.0 Å². The first kappa shape index (κ1) is 6.54. The summed E-state index contributed by atoms with van der Waals surface area (Å²) >= 11 is 0. The summed E-state index contributed by atoms with van der Waals surface area (Å²) in [5.41, 5.74) is 0.959. The molecule has 0 spiro atoms. The fraction of sp³-hybridized carbons (Fsp3) is 0.429. The molecule has 1 aliphatic heterocycles. The molecule has 0 aromatic carbocycles. The molecule has 0 amide bonds. The van der Waals surface area contributed by atoms with Gasteiger partial charge in [-0.3, -0.25) is 0 Å². The molecule has 0 saturated heterocycles. The van der Waals surface area contributed by atoms with E-state index >= 15 is 0 Å². The molecular formula is C7H10N4. The highest BCUT2D eigenvalue weighted by molar-refractivity contribution is 5.11. The average molecular weight is 150 g/mol. The summed E-state index contributed by atoms with van der Waals surface area (Å²) in [6, 6.07) is 0.252. The van der Waals surface area contributed by atoms with Gasteiger partial charge < -0.3 is 5.32 Å². The van der Waals surface area contributed by atoms with E-state index in [1.54, 1.807) is 6.20 Å². The van der Waals surface area contributed by atoms with Crippen molar-refractivity contribution in [3.8, 4) is 0 Å². The van der Waals surface area contributed by atoms with Crippen LogP contribution in [0.25, 0.3) is 0 Å². The quantitative estimate of drug-likeness (QED) is 0.569. The SMILES string of the molecule is C1=CC(c2cn[nH]n2)NCC1. The molecule has 1 atom stereocenters. The molecule has 0 aliphatic carbocycles. The number of aromatic amines is 1. The highest BCUT2D eigenvalue weighted by Crippen LogP contribution is 2.12. The zero-order valence-electron chi connectivity index (χ0n) is 6.12. The second-order valence-electron chi connectivity index (χ2n) is 2.54. The summed E-state index contributed by atoms with van der Waals surface area (Å²) < 4.78 is 0. The van der Waals surface area contributed by atoms with E-state index in [2.05, 4.69) is 32.9 Å². The molecule has 4 heteroatoms. The molecule has 4 nitrogen and oxygen atoms in total. The van der Waals surface area contributed by atoms with Gasteiger partial charge in [-0.15, -0.1) is 0 Å². The summed E-state index contributed by atoms with van der Waals surface area (Å²) in [7, 11) is 0. The molecular weight excluding hydrogens is 140 g/mol. The minimum atomic E-state index is 0.252. The van der Waals surface area contributed by atoms with Crippen LogP contribution in [0.3, 0.4) is 0 Å². The molecule has 0 radical (unpaired) electrons. The number of nitrogens with one attached hydrogen (secondary N) is 2. The largest absolute Gasteiger partial charge is 0.305 e. The van der Waals surface area contributed by atoms with Gasteiger partial charge in [0.1, 0.15) is 5.69 Å². The van der Waals surface area contributed by atoms with Gasteiger partial charge in [0, 0.05) is 0 Å². The standard InChI is InChI=1S/C7H10N4/c1-2-4-8-6(3-1)7-5-9-11-10-7/h1,3,5-6,8H,2,4H2,(H,9,10,11). The van der Waals surface area contributed by atoms with Crippen LogP contribution < -0.4 is 5.32 Å². The van der Waals surface area contributed by atoms with E-state index in [9.17, 15) is 0 Å². The lowest BCUT2D eigenvalue weighted by molar-refractivity contribution is 0.587. The smallest absolute Gasteiger partial charge is 0.103 e. The van der Waals surface area contributed by atoms with Gasteiger partial charge in [-0.05, 0) is 13.0 Å². The Morgan fingerprint density at radius 3 is 3.18 bits per heavy atom. The maximum absolute atomic E-state index is 3.99. The highest BCUT2D eigenvalue weighted by Gasteiger charge is 2.11. The predicted molar refractivity (Wildman–Crippen MR) is 40.9 cm³/mol. The molecule has 2 N–H and O–H groups in total. The molecule has 0 fully saturated rings. The number of aromatic nitrogens is 3. The van der Waals surface area contributed by atoms with Crippen LogP contribution in [0.1, 0.15) is 18.2 Å². The second-order valence-corrected chi connectivity index (χ2v) is 2.54. The van der Waals surface area contributed by atoms with Gasteiger partial charge in [0.05, 0.1) is 12.2 Å². The van der Waals surface area contributed by atoms with E-state index in [4.69, 9.17) is 0 Å². The lowest BCUT2D eigenvalue weighted by Crippen LogP contribution is -2.23. The van der Waals surface area contributed by atoms with Crippen LogP contribution in [0.5, 0.6) is 0 Å². The van der Waals surface area contributed by atoms with E-state index in [1.165, 1.54) is 0 Å². The Balaban J connectivity index is 2.16. The fourth-order valence-electron chi connectivity index (χ4n) is 1.19. The van der Waals surface area contributed by atoms with Crippen molar-refractivity contribution in [2.24, 2.45) is 0 Å². The van der Waals surface area contributed by atoms with Gasteiger partial charge in [-0.2, -0.15) is 15.4 Å². The zero-order valence-corrected chi connectivity index (χ0v) is 6.12. The van der Waals surface area contributed by atoms with E-state index in [0.29, 0.717) is 0 Å². The summed E-state index contributed by atoms with van der Waals surface area (Å²) in [5, 5.41) is 13.6. The molecule has 1 aromatic rings. The van der Waals surface area contributed by atoms with Crippen molar-refractivity contribution in [2.75, 3.05) is 6.54 Å². The Labute approximate surface area is 64.7 Å². The number of H-pyrrole nitrogens is 1. The Kier molecular flexibility index (Phi) is 1.69. The first-order chi connectivity index (χ1) is 5.47. The summed E-state index contributed by atoms with van der Waals surface area (Å²) in [6.07, 6.45) is 7.12.